The summed E-state index contributed by atoms with van der Waals surface area (Å²) >= 11 is 0. The first-order valence-electron chi connectivity index (χ1n) is 9.28. The molecule has 2 aromatic carbocycles. The van der Waals surface area contributed by atoms with Gasteiger partial charge in [0.2, 0.25) is 0 Å². The van der Waals surface area contributed by atoms with Crippen molar-refractivity contribution in [1.29, 1.82) is 0 Å². The zero-order valence-corrected chi connectivity index (χ0v) is 14.7. The standard InChI is InChI=1S/C22H25NO2/c1-25-18-13-11-17(12-14-18)23-20-10-6-5-9-19(20)22(24)15-21(23)16-7-3-2-4-8-16/h2-4,7-8,11-14,19-21H,5-6,9-10,15H2,1H3/t19-,20+,21-/m1/s1. The first kappa shape index (κ1) is 16.2. The molecule has 1 aliphatic carbocycles. The number of hydrogen-bond donors (Lipinski definition) is 0. The second-order valence-electron chi connectivity index (χ2n) is 7.16. The minimum Gasteiger partial charge on any atom is -0.497 e. The number of rotatable bonds is 3. The summed E-state index contributed by atoms with van der Waals surface area (Å²) in [7, 11) is 1.69. The van der Waals surface area contributed by atoms with E-state index in [0.717, 1.165) is 18.6 Å². The summed E-state index contributed by atoms with van der Waals surface area (Å²) in [4.78, 5) is 15.4. The first-order chi connectivity index (χ1) is 12.3. The molecule has 1 heterocycles. The van der Waals surface area contributed by atoms with Crippen LogP contribution < -0.4 is 9.64 Å². The predicted molar refractivity (Wildman–Crippen MR) is 100 cm³/mol. The molecule has 2 aromatic rings. The summed E-state index contributed by atoms with van der Waals surface area (Å²) in [5.41, 5.74) is 2.43. The molecular weight excluding hydrogens is 310 g/mol. The third kappa shape index (κ3) is 3.04. The van der Waals surface area contributed by atoms with Gasteiger partial charge in [-0.2, -0.15) is 0 Å². The summed E-state index contributed by atoms with van der Waals surface area (Å²) in [6.07, 6.45) is 5.14. The van der Waals surface area contributed by atoms with Crippen molar-refractivity contribution in [2.75, 3.05) is 12.0 Å². The van der Waals surface area contributed by atoms with Crippen molar-refractivity contribution in [1.82, 2.24) is 0 Å². The number of methoxy groups -OCH3 is 1. The van der Waals surface area contributed by atoms with Gasteiger partial charge in [-0.1, -0.05) is 43.2 Å². The maximum Gasteiger partial charge on any atom is 0.140 e. The van der Waals surface area contributed by atoms with E-state index in [4.69, 9.17) is 4.74 Å². The summed E-state index contributed by atoms with van der Waals surface area (Å²) < 4.78 is 5.32. The molecule has 0 aromatic heterocycles. The monoisotopic (exact) mass is 335 g/mol. The lowest BCUT2D eigenvalue weighted by molar-refractivity contribution is -0.126. The smallest absolute Gasteiger partial charge is 0.140 e. The topological polar surface area (TPSA) is 29.5 Å². The van der Waals surface area contributed by atoms with Gasteiger partial charge >= 0.3 is 0 Å². The molecule has 0 N–H and O–H groups in total. The molecule has 2 fully saturated rings. The van der Waals surface area contributed by atoms with E-state index >= 15 is 0 Å². The van der Waals surface area contributed by atoms with Crippen LogP contribution in [0, 0.1) is 5.92 Å². The van der Waals surface area contributed by atoms with Gasteiger partial charge in [0, 0.05) is 24.1 Å². The fraction of sp³-hybridized carbons (Fsp3) is 0.409. The number of ether oxygens (including phenoxy) is 1. The molecule has 1 aliphatic heterocycles. The van der Waals surface area contributed by atoms with E-state index in [2.05, 4.69) is 41.3 Å². The van der Waals surface area contributed by atoms with Crippen LogP contribution in [0.1, 0.15) is 43.7 Å². The zero-order chi connectivity index (χ0) is 17.2. The number of carbonyl (C=O) groups excluding carboxylic acids is 1. The van der Waals surface area contributed by atoms with Crippen LogP contribution in [0.25, 0.3) is 0 Å². The third-order valence-electron chi connectivity index (χ3n) is 5.79. The Kier molecular flexibility index (Phi) is 4.48. The highest BCUT2D eigenvalue weighted by Gasteiger charge is 2.43. The number of anilines is 1. The first-order valence-corrected chi connectivity index (χ1v) is 9.28. The van der Waals surface area contributed by atoms with E-state index in [1.54, 1.807) is 7.11 Å². The number of hydrogen-bond acceptors (Lipinski definition) is 3. The van der Waals surface area contributed by atoms with Gasteiger partial charge in [0.25, 0.3) is 0 Å². The highest BCUT2D eigenvalue weighted by Crippen LogP contribution is 2.44. The van der Waals surface area contributed by atoms with E-state index in [-0.39, 0.29) is 12.0 Å². The number of fused-ring (bicyclic) bond motifs is 1. The third-order valence-corrected chi connectivity index (χ3v) is 5.79. The Morgan fingerprint density at radius 1 is 0.960 bits per heavy atom. The van der Waals surface area contributed by atoms with Crippen LogP contribution in [0.15, 0.2) is 54.6 Å². The van der Waals surface area contributed by atoms with E-state index < -0.39 is 0 Å². The molecule has 3 atom stereocenters. The highest BCUT2D eigenvalue weighted by atomic mass is 16.5. The normalized spacial score (nSPS) is 26.2. The number of ketones is 1. The Bertz CT molecular complexity index is 725. The van der Waals surface area contributed by atoms with E-state index in [1.165, 1.54) is 24.1 Å². The van der Waals surface area contributed by atoms with Crippen LogP contribution in [0.5, 0.6) is 5.75 Å². The van der Waals surface area contributed by atoms with Gasteiger partial charge in [-0.25, -0.2) is 0 Å². The highest BCUT2D eigenvalue weighted by molar-refractivity contribution is 5.85. The summed E-state index contributed by atoms with van der Waals surface area (Å²) in [6, 6.07) is 19.2. The predicted octanol–water partition coefficient (Wildman–Crippen LogP) is 4.77. The molecule has 0 amide bonds. The lowest BCUT2D eigenvalue weighted by atomic mass is 9.74. The largest absolute Gasteiger partial charge is 0.497 e. The number of benzene rings is 2. The van der Waals surface area contributed by atoms with Crippen molar-refractivity contribution in [3.8, 4) is 5.75 Å². The molecule has 0 unspecified atom stereocenters. The van der Waals surface area contributed by atoms with Gasteiger partial charge in [-0.05, 0) is 42.7 Å². The molecule has 0 radical (unpaired) electrons. The van der Waals surface area contributed by atoms with E-state index in [9.17, 15) is 4.79 Å². The molecule has 1 saturated carbocycles. The number of piperidine rings is 1. The minimum atomic E-state index is 0.126. The molecule has 0 bridgehead atoms. The average molecular weight is 335 g/mol. The molecule has 0 spiro atoms. The number of carbonyl (C=O) groups is 1. The molecule has 2 aliphatic rings. The lowest BCUT2D eigenvalue weighted by Crippen LogP contribution is -2.52. The average Bonchev–Trinajstić information content (AvgIpc) is 2.69. The van der Waals surface area contributed by atoms with Gasteiger partial charge < -0.3 is 9.64 Å². The molecule has 1 saturated heterocycles. The molecule has 25 heavy (non-hydrogen) atoms. The Labute approximate surface area is 149 Å². The summed E-state index contributed by atoms with van der Waals surface area (Å²) in [6.45, 7) is 0. The Hall–Kier alpha value is -2.29. The molecular formula is C22H25NO2. The lowest BCUT2D eigenvalue weighted by Gasteiger charge is -2.49. The Balaban J connectivity index is 1.76. The second kappa shape index (κ2) is 6.91. The quantitative estimate of drug-likeness (QED) is 0.809. The Morgan fingerprint density at radius 3 is 2.40 bits per heavy atom. The summed E-state index contributed by atoms with van der Waals surface area (Å²) in [5, 5.41) is 0. The Morgan fingerprint density at radius 2 is 1.68 bits per heavy atom. The second-order valence-corrected chi connectivity index (χ2v) is 7.16. The van der Waals surface area contributed by atoms with Gasteiger partial charge in [0.1, 0.15) is 11.5 Å². The maximum atomic E-state index is 12.8. The van der Waals surface area contributed by atoms with Crippen molar-refractivity contribution >= 4 is 11.5 Å². The molecule has 4 rings (SSSR count). The van der Waals surface area contributed by atoms with Crippen LogP contribution in [0.4, 0.5) is 5.69 Å². The number of Topliss-reactive ketones (excluding diaryl/α,β-unsaturated/α-hetero) is 1. The van der Waals surface area contributed by atoms with Crippen LogP contribution in [-0.2, 0) is 4.79 Å². The minimum absolute atomic E-state index is 0.126. The fourth-order valence-electron chi connectivity index (χ4n) is 4.57. The van der Waals surface area contributed by atoms with Crippen molar-refractivity contribution in [2.24, 2.45) is 5.92 Å². The van der Waals surface area contributed by atoms with Gasteiger partial charge in [0.05, 0.1) is 13.2 Å². The number of nitrogens with zero attached hydrogens (tertiary/aromatic N) is 1. The van der Waals surface area contributed by atoms with Crippen molar-refractivity contribution in [3.05, 3.63) is 60.2 Å². The molecule has 130 valence electrons. The van der Waals surface area contributed by atoms with Crippen molar-refractivity contribution < 1.29 is 9.53 Å². The van der Waals surface area contributed by atoms with Crippen molar-refractivity contribution in [2.45, 2.75) is 44.2 Å². The van der Waals surface area contributed by atoms with Gasteiger partial charge in [-0.15, -0.1) is 0 Å². The van der Waals surface area contributed by atoms with Gasteiger partial charge in [0.15, 0.2) is 0 Å². The molecule has 3 heteroatoms. The molecule has 3 nitrogen and oxygen atoms in total. The van der Waals surface area contributed by atoms with E-state index in [0.29, 0.717) is 18.2 Å². The zero-order valence-electron chi connectivity index (χ0n) is 14.7. The van der Waals surface area contributed by atoms with Crippen LogP contribution in [0.3, 0.4) is 0 Å². The van der Waals surface area contributed by atoms with Crippen LogP contribution in [-0.4, -0.2) is 18.9 Å². The van der Waals surface area contributed by atoms with E-state index in [1.807, 2.05) is 18.2 Å². The van der Waals surface area contributed by atoms with Crippen LogP contribution >= 0.6 is 0 Å². The SMILES string of the molecule is COc1ccc(N2[C@@H](c3ccccc3)CC(=O)[C@@H]3CCCC[C@@H]32)cc1. The van der Waals surface area contributed by atoms with Gasteiger partial charge in [-0.3, -0.25) is 4.79 Å². The van der Waals surface area contributed by atoms with Crippen molar-refractivity contribution in [3.63, 3.8) is 0 Å². The fourth-order valence-corrected chi connectivity index (χ4v) is 4.57. The van der Waals surface area contributed by atoms with Crippen LogP contribution in [0.2, 0.25) is 0 Å². The maximum absolute atomic E-state index is 12.8. The summed E-state index contributed by atoms with van der Waals surface area (Å²) in [5.74, 6) is 1.51.